The second kappa shape index (κ2) is 12.9. The number of hydrogen-bond donors (Lipinski definition) is 2. The molecule has 1 aliphatic rings. The molecule has 0 aromatic heterocycles. The van der Waals surface area contributed by atoms with Gasteiger partial charge in [-0.25, -0.2) is 4.39 Å². The molecule has 0 radical (unpaired) electrons. The summed E-state index contributed by atoms with van der Waals surface area (Å²) < 4.78 is 18.8. The zero-order chi connectivity index (χ0) is 20.5. The molecule has 2 N–H and O–H groups in total. The van der Waals surface area contributed by atoms with Crippen LogP contribution in [0.2, 0.25) is 0 Å². The van der Waals surface area contributed by atoms with Gasteiger partial charge in [0.25, 0.3) is 0 Å². The van der Waals surface area contributed by atoms with E-state index in [9.17, 15) is 4.39 Å². The van der Waals surface area contributed by atoms with Crippen molar-refractivity contribution < 1.29 is 9.13 Å². The van der Waals surface area contributed by atoms with Crippen LogP contribution >= 0.6 is 24.0 Å². The minimum Gasteiger partial charge on any atom is -0.380 e. The van der Waals surface area contributed by atoms with E-state index in [0.29, 0.717) is 18.2 Å². The smallest absolute Gasteiger partial charge is 0.191 e. The molecule has 1 fully saturated rings. The number of rotatable bonds is 8. The number of nitrogens with one attached hydrogen (secondary N) is 2. The van der Waals surface area contributed by atoms with Crippen LogP contribution < -0.4 is 10.6 Å². The third-order valence-electron chi connectivity index (χ3n) is 5.33. The molecular formula is C23H32FIN4O. The fourth-order valence-corrected chi connectivity index (χ4v) is 3.78. The second-order valence-corrected chi connectivity index (χ2v) is 7.42. The molecule has 0 aliphatic carbocycles. The van der Waals surface area contributed by atoms with Gasteiger partial charge in [-0.2, -0.15) is 0 Å². The Bertz CT molecular complexity index is 803. The van der Waals surface area contributed by atoms with E-state index in [-0.39, 0.29) is 36.4 Å². The number of methoxy groups -OCH3 is 1. The lowest BCUT2D eigenvalue weighted by Gasteiger charge is -2.25. The number of guanidine groups is 1. The standard InChI is InChI=1S/C23H31FN4O.HI/c1-25-23(26-14-19-10-11-22(24)20(13-19)17-29-2)27-15-21-9-6-12-28(21)16-18-7-4-3-5-8-18;/h3-5,7-8,10-11,13,21H,6,9,12,14-17H2,1-2H3,(H2,25,26,27);1H. The van der Waals surface area contributed by atoms with Crippen molar-refractivity contribution in [3.8, 4) is 0 Å². The third-order valence-corrected chi connectivity index (χ3v) is 5.33. The van der Waals surface area contributed by atoms with Crippen molar-refractivity contribution in [2.24, 2.45) is 4.99 Å². The zero-order valence-electron chi connectivity index (χ0n) is 17.7. The molecule has 7 heteroatoms. The summed E-state index contributed by atoms with van der Waals surface area (Å²) >= 11 is 0. The summed E-state index contributed by atoms with van der Waals surface area (Å²) in [5.41, 5.74) is 2.91. The molecule has 1 unspecified atom stereocenters. The van der Waals surface area contributed by atoms with Crippen LogP contribution in [0.25, 0.3) is 0 Å². The van der Waals surface area contributed by atoms with E-state index in [1.165, 1.54) is 24.5 Å². The van der Waals surface area contributed by atoms with Crippen molar-refractivity contribution in [3.63, 3.8) is 0 Å². The molecule has 0 bridgehead atoms. The summed E-state index contributed by atoms with van der Waals surface area (Å²) in [6.45, 7) is 3.81. The summed E-state index contributed by atoms with van der Waals surface area (Å²) in [4.78, 5) is 6.86. The molecule has 3 rings (SSSR count). The van der Waals surface area contributed by atoms with E-state index in [0.717, 1.165) is 31.2 Å². The van der Waals surface area contributed by atoms with Crippen molar-refractivity contribution in [2.45, 2.75) is 38.6 Å². The molecule has 1 atom stereocenters. The molecular weight excluding hydrogens is 494 g/mol. The van der Waals surface area contributed by atoms with Crippen molar-refractivity contribution in [2.75, 3.05) is 27.2 Å². The Kier molecular flexibility index (Phi) is 10.5. The van der Waals surface area contributed by atoms with E-state index in [1.807, 2.05) is 6.07 Å². The number of likely N-dealkylation sites (tertiary alicyclic amines) is 1. The van der Waals surface area contributed by atoms with E-state index in [1.54, 1.807) is 20.2 Å². The minimum atomic E-state index is -0.238. The first kappa shape index (κ1) is 24.6. The van der Waals surface area contributed by atoms with Gasteiger partial charge in [-0.1, -0.05) is 36.4 Å². The summed E-state index contributed by atoms with van der Waals surface area (Å²) in [5.74, 6) is 0.520. The average Bonchev–Trinajstić information content (AvgIpc) is 3.18. The Labute approximate surface area is 196 Å². The van der Waals surface area contributed by atoms with Crippen molar-refractivity contribution in [1.82, 2.24) is 15.5 Å². The lowest BCUT2D eigenvalue weighted by atomic mass is 10.1. The lowest BCUT2D eigenvalue weighted by Crippen LogP contribution is -2.44. The summed E-state index contributed by atoms with van der Waals surface area (Å²) in [7, 11) is 3.34. The molecule has 1 heterocycles. The lowest BCUT2D eigenvalue weighted by molar-refractivity contribution is 0.181. The Morgan fingerprint density at radius 2 is 1.97 bits per heavy atom. The number of benzene rings is 2. The predicted molar refractivity (Wildman–Crippen MR) is 131 cm³/mol. The van der Waals surface area contributed by atoms with Gasteiger partial charge in [0, 0.05) is 45.4 Å². The third kappa shape index (κ3) is 7.21. The van der Waals surface area contributed by atoms with Gasteiger partial charge in [0.05, 0.1) is 6.61 Å². The average molecular weight is 526 g/mol. The number of nitrogens with zero attached hydrogens (tertiary/aromatic N) is 2. The van der Waals surface area contributed by atoms with Crippen molar-refractivity contribution in [1.29, 1.82) is 0 Å². The summed E-state index contributed by atoms with van der Waals surface area (Å²) in [5, 5.41) is 6.77. The van der Waals surface area contributed by atoms with Gasteiger partial charge in [-0.3, -0.25) is 9.89 Å². The number of halogens is 2. The molecule has 5 nitrogen and oxygen atoms in total. The van der Waals surface area contributed by atoms with Crippen molar-refractivity contribution in [3.05, 3.63) is 71.0 Å². The SMILES string of the molecule is CN=C(NCc1ccc(F)c(COC)c1)NCC1CCCN1Cc1ccccc1.I. The maximum absolute atomic E-state index is 13.8. The Morgan fingerprint density at radius 3 is 2.70 bits per heavy atom. The van der Waals surface area contributed by atoms with Crippen LogP contribution in [-0.2, 0) is 24.4 Å². The Morgan fingerprint density at radius 1 is 1.17 bits per heavy atom. The van der Waals surface area contributed by atoms with Crippen LogP contribution in [0.1, 0.15) is 29.5 Å². The van der Waals surface area contributed by atoms with Gasteiger partial charge < -0.3 is 15.4 Å². The van der Waals surface area contributed by atoms with Crippen LogP contribution in [0.4, 0.5) is 4.39 Å². The first-order chi connectivity index (χ1) is 14.2. The largest absolute Gasteiger partial charge is 0.380 e. The van der Waals surface area contributed by atoms with Gasteiger partial charge in [0.15, 0.2) is 5.96 Å². The van der Waals surface area contributed by atoms with E-state index >= 15 is 0 Å². The second-order valence-electron chi connectivity index (χ2n) is 7.42. The van der Waals surface area contributed by atoms with Gasteiger partial charge in [-0.15, -0.1) is 24.0 Å². The first-order valence-electron chi connectivity index (χ1n) is 10.2. The fraction of sp³-hybridized carbons (Fsp3) is 0.435. The molecule has 2 aromatic rings. The molecule has 0 saturated carbocycles. The molecule has 2 aromatic carbocycles. The van der Waals surface area contributed by atoms with E-state index < -0.39 is 0 Å². The van der Waals surface area contributed by atoms with E-state index in [4.69, 9.17) is 4.74 Å². The summed E-state index contributed by atoms with van der Waals surface area (Å²) in [6.07, 6.45) is 2.41. The molecule has 30 heavy (non-hydrogen) atoms. The minimum absolute atomic E-state index is 0. The number of ether oxygens (including phenoxy) is 1. The van der Waals surface area contributed by atoms with Gasteiger partial charge in [0.2, 0.25) is 0 Å². The molecule has 1 aliphatic heterocycles. The Balaban J connectivity index is 0.00000320. The first-order valence-corrected chi connectivity index (χ1v) is 10.2. The van der Waals surface area contributed by atoms with E-state index in [2.05, 4.69) is 50.9 Å². The van der Waals surface area contributed by atoms with Crippen LogP contribution in [0.15, 0.2) is 53.5 Å². The molecule has 0 spiro atoms. The number of hydrogen-bond acceptors (Lipinski definition) is 3. The quantitative estimate of drug-likeness (QED) is 0.311. The topological polar surface area (TPSA) is 48.9 Å². The number of aliphatic imine (C=N–C) groups is 1. The highest BCUT2D eigenvalue weighted by Crippen LogP contribution is 2.19. The van der Waals surface area contributed by atoms with Crippen LogP contribution in [0.3, 0.4) is 0 Å². The maximum Gasteiger partial charge on any atom is 0.191 e. The molecule has 1 saturated heterocycles. The molecule has 164 valence electrons. The highest BCUT2D eigenvalue weighted by molar-refractivity contribution is 14.0. The van der Waals surface area contributed by atoms with Crippen LogP contribution in [0.5, 0.6) is 0 Å². The van der Waals surface area contributed by atoms with Gasteiger partial charge in [-0.05, 0) is 42.6 Å². The maximum atomic E-state index is 13.8. The van der Waals surface area contributed by atoms with Crippen LogP contribution in [0, 0.1) is 5.82 Å². The highest BCUT2D eigenvalue weighted by atomic mass is 127. The monoisotopic (exact) mass is 526 g/mol. The summed E-state index contributed by atoms with van der Waals surface area (Å²) in [6, 6.07) is 16.2. The zero-order valence-corrected chi connectivity index (χ0v) is 20.1. The highest BCUT2D eigenvalue weighted by Gasteiger charge is 2.24. The van der Waals surface area contributed by atoms with Crippen molar-refractivity contribution >= 4 is 29.9 Å². The molecule has 0 amide bonds. The van der Waals surface area contributed by atoms with Crippen LogP contribution in [-0.4, -0.2) is 44.1 Å². The fourth-order valence-electron chi connectivity index (χ4n) is 3.78. The van der Waals surface area contributed by atoms with Gasteiger partial charge in [0.1, 0.15) is 5.82 Å². The Hall–Kier alpha value is -1.71. The normalized spacial score (nSPS) is 16.9. The van der Waals surface area contributed by atoms with Gasteiger partial charge >= 0.3 is 0 Å². The predicted octanol–water partition coefficient (Wildman–Crippen LogP) is 3.92.